The molecule has 4 heteroatoms. The van der Waals surface area contributed by atoms with E-state index in [1.165, 1.54) is 0 Å². The number of aryl methyl sites for hydroxylation is 1. The molecule has 1 amide bonds. The summed E-state index contributed by atoms with van der Waals surface area (Å²) in [4.78, 5) is 12.3. The highest BCUT2D eigenvalue weighted by atomic mass is 16.5. The standard InChI is InChI=1S/C20H19NO3/c1-15-7-5-10-17(13-15)24-14-19(22)21-20(18-11-6-12-23-18)16-8-3-2-4-9-16/h2-13,20H,14H2,1H3,(H,21,22)/t20-/m0/s1. The van der Waals surface area contributed by atoms with Crippen LogP contribution in [0.1, 0.15) is 22.9 Å². The lowest BCUT2D eigenvalue weighted by molar-refractivity contribution is -0.123. The number of hydrogen-bond donors (Lipinski definition) is 1. The molecule has 1 aromatic heterocycles. The first-order valence-corrected chi connectivity index (χ1v) is 7.79. The normalized spacial score (nSPS) is 11.7. The number of rotatable bonds is 6. The van der Waals surface area contributed by atoms with Crippen LogP contribution in [0.15, 0.2) is 77.4 Å². The molecular weight excluding hydrogens is 302 g/mol. The molecule has 3 aromatic rings. The van der Waals surface area contributed by atoms with Gasteiger partial charge in [-0.1, -0.05) is 42.5 Å². The lowest BCUT2D eigenvalue weighted by Crippen LogP contribution is -2.33. The van der Waals surface area contributed by atoms with Gasteiger partial charge in [0.2, 0.25) is 0 Å². The van der Waals surface area contributed by atoms with E-state index in [1.54, 1.807) is 12.3 Å². The maximum atomic E-state index is 12.3. The smallest absolute Gasteiger partial charge is 0.258 e. The Kier molecular flexibility index (Phi) is 4.96. The summed E-state index contributed by atoms with van der Waals surface area (Å²) in [6.07, 6.45) is 1.60. The second-order valence-electron chi connectivity index (χ2n) is 5.53. The summed E-state index contributed by atoms with van der Waals surface area (Å²) in [5.41, 5.74) is 2.04. The third kappa shape index (κ3) is 4.04. The number of amides is 1. The quantitative estimate of drug-likeness (QED) is 0.750. The largest absolute Gasteiger partial charge is 0.484 e. The Morgan fingerprint density at radius 2 is 1.92 bits per heavy atom. The number of nitrogens with one attached hydrogen (secondary N) is 1. The second kappa shape index (κ2) is 7.51. The predicted octanol–water partition coefficient (Wildman–Crippen LogP) is 3.87. The third-order valence-electron chi connectivity index (χ3n) is 3.63. The van der Waals surface area contributed by atoms with Gasteiger partial charge in [0.15, 0.2) is 6.61 Å². The molecule has 0 saturated heterocycles. The van der Waals surface area contributed by atoms with Crippen LogP contribution in [0.3, 0.4) is 0 Å². The van der Waals surface area contributed by atoms with Crippen molar-refractivity contribution in [1.82, 2.24) is 5.32 Å². The van der Waals surface area contributed by atoms with E-state index in [0.717, 1.165) is 11.1 Å². The zero-order valence-corrected chi connectivity index (χ0v) is 13.4. The summed E-state index contributed by atoms with van der Waals surface area (Å²) in [7, 11) is 0. The van der Waals surface area contributed by atoms with E-state index < -0.39 is 0 Å². The lowest BCUT2D eigenvalue weighted by Gasteiger charge is -2.17. The molecule has 0 spiro atoms. The Labute approximate surface area is 141 Å². The zero-order valence-electron chi connectivity index (χ0n) is 13.4. The van der Waals surface area contributed by atoms with E-state index in [9.17, 15) is 4.79 Å². The van der Waals surface area contributed by atoms with Crippen LogP contribution in [-0.4, -0.2) is 12.5 Å². The molecule has 1 N–H and O–H groups in total. The van der Waals surface area contributed by atoms with Crippen molar-refractivity contribution in [2.45, 2.75) is 13.0 Å². The van der Waals surface area contributed by atoms with E-state index in [4.69, 9.17) is 9.15 Å². The molecule has 4 nitrogen and oxygen atoms in total. The Morgan fingerprint density at radius 1 is 1.08 bits per heavy atom. The lowest BCUT2D eigenvalue weighted by atomic mass is 10.0. The first kappa shape index (κ1) is 15.9. The summed E-state index contributed by atoms with van der Waals surface area (Å²) in [6, 6.07) is 20.6. The fraction of sp³-hybridized carbons (Fsp3) is 0.150. The van der Waals surface area contributed by atoms with Crippen molar-refractivity contribution in [3.8, 4) is 5.75 Å². The van der Waals surface area contributed by atoms with Crippen LogP contribution in [0.2, 0.25) is 0 Å². The first-order chi connectivity index (χ1) is 11.7. The minimum absolute atomic E-state index is 0.0481. The van der Waals surface area contributed by atoms with Crippen LogP contribution in [0.25, 0.3) is 0 Å². The average molecular weight is 321 g/mol. The highest BCUT2D eigenvalue weighted by molar-refractivity contribution is 5.78. The topological polar surface area (TPSA) is 51.5 Å². The van der Waals surface area contributed by atoms with Gasteiger partial charge in [0, 0.05) is 0 Å². The Morgan fingerprint density at radius 3 is 2.62 bits per heavy atom. The van der Waals surface area contributed by atoms with E-state index in [0.29, 0.717) is 11.5 Å². The van der Waals surface area contributed by atoms with Crippen molar-refractivity contribution in [1.29, 1.82) is 0 Å². The molecule has 122 valence electrons. The molecule has 1 heterocycles. The van der Waals surface area contributed by atoms with Crippen molar-refractivity contribution in [2.24, 2.45) is 0 Å². The molecule has 0 aliphatic heterocycles. The fourth-order valence-corrected chi connectivity index (χ4v) is 2.48. The van der Waals surface area contributed by atoms with Crippen LogP contribution in [0.4, 0.5) is 0 Å². The minimum atomic E-state index is -0.338. The maximum absolute atomic E-state index is 12.3. The minimum Gasteiger partial charge on any atom is -0.484 e. The van der Waals surface area contributed by atoms with Gasteiger partial charge in [-0.05, 0) is 42.3 Å². The predicted molar refractivity (Wildman–Crippen MR) is 91.8 cm³/mol. The molecule has 0 fully saturated rings. The van der Waals surface area contributed by atoms with Crippen molar-refractivity contribution < 1.29 is 13.9 Å². The van der Waals surface area contributed by atoms with E-state index in [-0.39, 0.29) is 18.6 Å². The summed E-state index contributed by atoms with van der Waals surface area (Å²) in [5, 5.41) is 2.96. The Hall–Kier alpha value is -3.01. The molecule has 0 aliphatic rings. The summed E-state index contributed by atoms with van der Waals surface area (Å²) in [5.74, 6) is 1.16. The zero-order chi connectivity index (χ0) is 16.8. The molecular formula is C20H19NO3. The van der Waals surface area contributed by atoms with Gasteiger partial charge in [-0.25, -0.2) is 0 Å². The van der Waals surface area contributed by atoms with E-state index in [1.807, 2.05) is 67.6 Å². The highest BCUT2D eigenvalue weighted by Gasteiger charge is 2.19. The maximum Gasteiger partial charge on any atom is 0.258 e. The van der Waals surface area contributed by atoms with Gasteiger partial charge >= 0.3 is 0 Å². The highest BCUT2D eigenvalue weighted by Crippen LogP contribution is 2.22. The summed E-state index contributed by atoms with van der Waals surface area (Å²) >= 11 is 0. The molecule has 0 saturated carbocycles. The molecule has 1 atom stereocenters. The number of benzene rings is 2. The van der Waals surface area contributed by atoms with Crippen molar-refractivity contribution in [2.75, 3.05) is 6.61 Å². The second-order valence-corrected chi connectivity index (χ2v) is 5.53. The molecule has 0 bridgehead atoms. The first-order valence-electron chi connectivity index (χ1n) is 7.79. The van der Waals surface area contributed by atoms with Gasteiger partial charge in [0.25, 0.3) is 5.91 Å². The molecule has 24 heavy (non-hydrogen) atoms. The van der Waals surface area contributed by atoms with E-state index >= 15 is 0 Å². The van der Waals surface area contributed by atoms with Gasteiger partial charge in [-0.3, -0.25) is 4.79 Å². The number of carbonyl (C=O) groups excluding carboxylic acids is 1. The van der Waals surface area contributed by atoms with Crippen LogP contribution >= 0.6 is 0 Å². The summed E-state index contributed by atoms with van der Waals surface area (Å²) in [6.45, 7) is 1.93. The van der Waals surface area contributed by atoms with Crippen molar-refractivity contribution >= 4 is 5.91 Å². The van der Waals surface area contributed by atoms with Gasteiger partial charge < -0.3 is 14.5 Å². The number of hydrogen-bond acceptors (Lipinski definition) is 3. The van der Waals surface area contributed by atoms with Gasteiger partial charge in [-0.2, -0.15) is 0 Å². The molecule has 2 aromatic carbocycles. The molecule has 0 unspecified atom stereocenters. The molecule has 0 aliphatic carbocycles. The Balaban J connectivity index is 1.68. The molecule has 0 radical (unpaired) electrons. The van der Waals surface area contributed by atoms with Gasteiger partial charge in [-0.15, -0.1) is 0 Å². The van der Waals surface area contributed by atoms with Gasteiger partial charge in [0.1, 0.15) is 17.6 Å². The van der Waals surface area contributed by atoms with Gasteiger partial charge in [0.05, 0.1) is 6.26 Å². The summed E-state index contributed by atoms with van der Waals surface area (Å²) < 4.78 is 11.0. The van der Waals surface area contributed by atoms with Crippen LogP contribution in [0.5, 0.6) is 5.75 Å². The van der Waals surface area contributed by atoms with Crippen LogP contribution in [0, 0.1) is 6.92 Å². The fourth-order valence-electron chi connectivity index (χ4n) is 2.48. The van der Waals surface area contributed by atoms with Crippen molar-refractivity contribution in [3.05, 3.63) is 89.9 Å². The number of furan rings is 1. The van der Waals surface area contributed by atoms with E-state index in [2.05, 4.69) is 5.32 Å². The number of carbonyl (C=O) groups is 1. The molecule has 3 rings (SSSR count). The Bertz CT molecular complexity index is 782. The monoisotopic (exact) mass is 321 g/mol. The van der Waals surface area contributed by atoms with Crippen LogP contribution in [-0.2, 0) is 4.79 Å². The number of ether oxygens (including phenoxy) is 1. The SMILES string of the molecule is Cc1cccc(OCC(=O)N[C@@H](c2ccccc2)c2ccco2)c1. The average Bonchev–Trinajstić information content (AvgIpc) is 3.13. The third-order valence-corrected chi connectivity index (χ3v) is 3.63. The van der Waals surface area contributed by atoms with Crippen LogP contribution < -0.4 is 10.1 Å². The van der Waals surface area contributed by atoms with Crippen molar-refractivity contribution in [3.63, 3.8) is 0 Å².